The molecule has 1 saturated heterocycles. The first kappa shape index (κ1) is 16.2. The quantitative estimate of drug-likeness (QED) is 0.807. The van der Waals surface area contributed by atoms with Crippen LogP contribution in [0.25, 0.3) is 0 Å². The van der Waals surface area contributed by atoms with Crippen molar-refractivity contribution in [1.82, 2.24) is 9.62 Å². The minimum atomic E-state index is -3.74. The Kier molecular flexibility index (Phi) is 4.85. The molecule has 0 spiro atoms. The van der Waals surface area contributed by atoms with Gasteiger partial charge < -0.3 is 5.73 Å². The Morgan fingerprint density at radius 3 is 2.81 bits per heavy atom. The number of nitrogens with one attached hydrogen (secondary N) is 1. The highest BCUT2D eigenvalue weighted by atomic mass is 32.2. The summed E-state index contributed by atoms with van der Waals surface area (Å²) < 4.78 is 40.7. The molecule has 0 radical (unpaired) electrons. The predicted octanol–water partition coefficient (Wildman–Crippen LogP) is 1.48. The largest absolute Gasteiger partial charge is 0.398 e. The van der Waals surface area contributed by atoms with Crippen LogP contribution in [0.15, 0.2) is 17.0 Å². The zero-order valence-corrected chi connectivity index (χ0v) is 13.2. The molecule has 0 aliphatic carbocycles. The number of likely N-dealkylation sites (tertiary alicyclic amines) is 1. The summed E-state index contributed by atoms with van der Waals surface area (Å²) in [5.74, 6) is -0.605. The summed E-state index contributed by atoms with van der Waals surface area (Å²) >= 11 is 0. The van der Waals surface area contributed by atoms with Gasteiger partial charge in [-0.25, -0.2) is 17.5 Å². The van der Waals surface area contributed by atoms with E-state index in [1.165, 1.54) is 13.0 Å². The maximum absolute atomic E-state index is 13.6. The molecule has 5 nitrogen and oxygen atoms in total. The SMILES string of the molecule is CCN1CCCC1CNS(=O)(=O)c1cc(N)c(C)c(F)c1. The van der Waals surface area contributed by atoms with Crippen LogP contribution in [0.4, 0.5) is 10.1 Å². The molecule has 1 fully saturated rings. The number of sulfonamides is 1. The van der Waals surface area contributed by atoms with Crippen LogP contribution in [0, 0.1) is 12.7 Å². The van der Waals surface area contributed by atoms with Crippen molar-refractivity contribution in [1.29, 1.82) is 0 Å². The maximum Gasteiger partial charge on any atom is 0.240 e. The molecular formula is C14H22FN3O2S. The average molecular weight is 315 g/mol. The Morgan fingerprint density at radius 1 is 1.48 bits per heavy atom. The molecule has 1 aromatic carbocycles. The van der Waals surface area contributed by atoms with Gasteiger partial charge in [-0.1, -0.05) is 6.92 Å². The summed E-state index contributed by atoms with van der Waals surface area (Å²) in [6, 6.07) is 2.52. The summed E-state index contributed by atoms with van der Waals surface area (Å²) in [5.41, 5.74) is 6.05. The zero-order chi connectivity index (χ0) is 15.6. The summed E-state index contributed by atoms with van der Waals surface area (Å²) in [7, 11) is -3.74. The Labute approximate surface area is 125 Å². The van der Waals surface area contributed by atoms with Gasteiger partial charge in [0.1, 0.15) is 5.82 Å². The third-order valence-corrected chi connectivity index (χ3v) is 5.49. The van der Waals surface area contributed by atoms with Gasteiger partial charge >= 0.3 is 0 Å². The first-order chi connectivity index (χ1) is 9.85. The van der Waals surface area contributed by atoms with Crippen LogP contribution in [0.1, 0.15) is 25.3 Å². The lowest BCUT2D eigenvalue weighted by atomic mass is 10.2. The van der Waals surface area contributed by atoms with Crippen LogP contribution in [-0.2, 0) is 10.0 Å². The summed E-state index contributed by atoms with van der Waals surface area (Å²) in [6.07, 6.45) is 2.05. The molecule has 0 amide bonds. The highest BCUT2D eigenvalue weighted by molar-refractivity contribution is 7.89. The third-order valence-electron chi connectivity index (χ3n) is 4.08. The molecule has 1 aromatic rings. The normalized spacial score (nSPS) is 20.0. The topological polar surface area (TPSA) is 75.4 Å². The van der Waals surface area contributed by atoms with Crippen molar-refractivity contribution in [3.63, 3.8) is 0 Å². The number of hydrogen-bond donors (Lipinski definition) is 2. The van der Waals surface area contributed by atoms with Crippen molar-refractivity contribution in [2.45, 2.75) is 37.6 Å². The number of hydrogen-bond acceptors (Lipinski definition) is 4. The number of nitrogens with zero attached hydrogens (tertiary/aromatic N) is 1. The summed E-state index contributed by atoms with van der Waals surface area (Å²) in [6.45, 7) is 5.81. The van der Waals surface area contributed by atoms with Gasteiger partial charge in [0, 0.05) is 23.8 Å². The lowest BCUT2D eigenvalue weighted by Crippen LogP contribution is -2.40. The molecule has 21 heavy (non-hydrogen) atoms. The molecule has 0 saturated carbocycles. The molecule has 1 atom stereocenters. The molecule has 118 valence electrons. The van der Waals surface area contributed by atoms with E-state index in [1.54, 1.807) is 0 Å². The van der Waals surface area contributed by atoms with Crippen LogP contribution < -0.4 is 10.5 Å². The van der Waals surface area contributed by atoms with Gasteiger partial charge in [-0.05, 0) is 45.0 Å². The van der Waals surface area contributed by atoms with E-state index in [4.69, 9.17) is 5.73 Å². The second-order valence-electron chi connectivity index (χ2n) is 5.40. The first-order valence-electron chi connectivity index (χ1n) is 7.14. The van der Waals surface area contributed by atoms with E-state index in [9.17, 15) is 12.8 Å². The molecule has 0 aromatic heterocycles. The average Bonchev–Trinajstić information content (AvgIpc) is 2.89. The monoisotopic (exact) mass is 315 g/mol. The van der Waals surface area contributed by atoms with Crippen molar-refractivity contribution in [2.75, 3.05) is 25.4 Å². The van der Waals surface area contributed by atoms with Crippen molar-refractivity contribution in [3.8, 4) is 0 Å². The zero-order valence-electron chi connectivity index (χ0n) is 12.4. The minimum Gasteiger partial charge on any atom is -0.398 e. The van der Waals surface area contributed by atoms with Crippen molar-refractivity contribution in [2.24, 2.45) is 0 Å². The Hall–Kier alpha value is -1.18. The van der Waals surface area contributed by atoms with Gasteiger partial charge in [0.25, 0.3) is 0 Å². The summed E-state index contributed by atoms with van der Waals surface area (Å²) in [4.78, 5) is 2.12. The first-order valence-corrected chi connectivity index (χ1v) is 8.62. The van der Waals surface area contributed by atoms with Gasteiger partial charge in [0.15, 0.2) is 0 Å². The van der Waals surface area contributed by atoms with Gasteiger partial charge in [-0.2, -0.15) is 0 Å². The number of benzene rings is 1. The third kappa shape index (κ3) is 3.53. The fourth-order valence-electron chi connectivity index (χ4n) is 2.66. The molecule has 1 aliphatic rings. The van der Waals surface area contributed by atoms with Crippen molar-refractivity contribution in [3.05, 3.63) is 23.5 Å². The maximum atomic E-state index is 13.6. The van der Waals surface area contributed by atoms with Gasteiger partial charge in [-0.15, -0.1) is 0 Å². The van der Waals surface area contributed by atoms with Crippen LogP contribution in [0.3, 0.4) is 0 Å². The fourth-order valence-corrected chi connectivity index (χ4v) is 3.78. The Morgan fingerprint density at radius 2 is 2.19 bits per heavy atom. The number of likely N-dealkylation sites (N-methyl/N-ethyl adjacent to an activating group) is 1. The number of nitrogen functional groups attached to an aromatic ring is 1. The molecule has 1 unspecified atom stereocenters. The fraction of sp³-hybridized carbons (Fsp3) is 0.571. The number of nitrogens with two attached hydrogens (primary N) is 1. The standard InChI is InChI=1S/C14H22FN3O2S/c1-3-18-6-4-5-11(18)9-17-21(19,20)12-7-13(15)10(2)14(16)8-12/h7-8,11,17H,3-6,9,16H2,1-2H3. The van der Waals surface area contributed by atoms with E-state index in [-0.39, 0.29) is 22.2 Å². The number of anilines is 1. The van der Waals surface area contributed by atoms with Gasteiger partial charge in [0.05, 0.1) is 4.90 Å². The molecule has 2 rings (SSSR count). The number of halogens is 1. The molecule has 3 N–H and O–H groups in total. The predicted molar refractivity (Wildman–Crippen MR) is 81.0 cm³/mol. The van der Waals surface area contributed by atoms with Crippen molar-refractivity contribution >= 4 is 15.7 Å². The van der Waals surface area contributed by atoms with E-state index < -0.39 is 15.8 Å². The Balaban J connectivity index is 2.12. The van der Waals surface area contributed by atoms with Gasteiger partial charge in [0.2, 0.25) is 10.0 Å². The molecule has 0 bridgehead atoms. The summed E-state index contributed by atoms with van der Waals surface area (Å²) in [5, 5.41) is 0. The van der Waals surface area contributed by atoms with E-state index in [0.717, 1.165) is 32.0 Å². The van der Waals surface area contributed by atoms with E-state index in [2.05, 4.69) is 16.5 Å². The van der Waals surface area contributed by atoms with Crippen molar-refractivity contribution < 1.29 is 12.8 Å². The Bertz CT molecular complexity index is 596. The molecular weight excluding hydrogens is 293 g/mol. The number of rotatable bonds is 5. The van der Waals surface area contributed by atoms with Crippen LogP contribution in [0.5, 0.6) is 0 Å². The van der Waals surface area contributed by atoms with E-state index in [1.807, 2.05) is 0 Å². The highest BCUT2D eigenvalue weighted by Gasteiger charge is 2.25. The second kappa shape index (κ2) is 6.29. The van der Waals surface area contributed by atoms with E-state index in [0.29, 0.717) is 6.54 Å². The second-order valence-corrected chi connectivity index (χ2v) is 7.16. The molecule has 7 heteroatoms. The minimum absolute atomic E-state index is 0.121. The lowest BCUT2D eigenvalue weighted by molar-refractivity contribution is 0.268. The smallest absolute Gasteiger partial charge is 0.240 e. The van der Waals surface area contributed by atoms with Crippen LogP contribution in [0.2, 0.25) is 0 Å². The van der Waals surface area contributed by atoms with Crippen LogP contribution >= 0.6 is 0 Å². The molecule has 1 heterocycles. The highest BCUT2D eigenvalue weighted by Crippen LogP contribution is 2.21. The lowest BCUT2D eigenvalue weighted by Gasteiger charge is -2.22. The molecule has 1 aliphatic heterocycles. The van der Waals surface area contributed by atoms with Crippen LogP contribution in [-0.4, -0.2) is 39.0 Å². The van der Waals surface area contributed by atoms with E-state index >= 15 is 0 Å². The van der Waals surface area contributed by atoms with Gasteiger partial charge in [-0.3, -0.25) is 4.90 Å².